The first-order chi connectivity index (χ1) is 13.1. The molecule has 1 saturated heterocycles. The summed E-state index contributed by atoms with van der Waals surface area (Å²) in [6.45, 7) is 3.69. The first-order valence-electron chi connectivity index (χ1n) is 9.42. The summed E-state index contributed by atoms with van der Waals surface area (Å²) < 4.78 is 12.7. The van der Waals surface area contributed by atoms with Crippen LogP contribution in [0.4, 0.5) is 6.01 Å². The number of methoxy groups -OCH3 is 1. The fourth-order valence-electron chi connectivity index (χ4n) is 3.75. The molecule has 0 bridgehead atoms. The van der Waals surface area contributed by atoms with Gasteiger partial charge in [0.2, 0.25) is 11.8 Å². The molecule has 27 heavy (non-hydrogen) atoms. The second-order valence-electron chi connectivity index (χ2n) is 7.40. The molecule has 4 rings (SSSR count). The van der Waals surface area contributed by atoms with Crippen molar-refractivity contribution in [1.29, 1.82) is 0 Å². The van der Waals surface area contributed by atoms with Gasteiger partial charge in [0.05, 0.1) is 18.8 Å². The van der Waals surface area contributed by atoms with Gasteiger partial charge in [-0.2, -0.15) is 5.10 Å². The van der Waals surface area contributed by atoms with Gasteiger partial charge in [0.25, 0.3) is 0 Å². The third-order valence-corrected chi connectivity index (χ3v) is 5.55. The van der Waals surface area contributed by atoms with E-state index in [9.17, 15) is 4.79 Å². The lowest BCUT2D eigenvalue weighted by Gasteiger charge is -2.28. The second-order valence-corrected chi connectivity index (χ2v) is 7.40. The molecule has 0 spiro atoms. The summed E-state index contributed by atoms with van der Waals surface area (Å²) in [5, 5.41) is 15.8. The Kier molecular flexibility index (Phi) is 4.86. The van der Waals surface area contributed by atoms with Crippen molar-refractivity contribution < 1.29 is 13.9 Å². The molecule has 1 amide bonds. The fourth-order valence-corrected chi connectivity index (χ4v) is 3.75. The summed E-state index contributed by atoms with van der Waals surface area (Å²) in [4.78, 5) is 14.6. The first-order valence-corrected chi connectivity index (χ1v) is 9.42. The van der Waals surface area contributed by atoms with Gasteiger partial charge < -0.3 is 19.4 Å². The van der Waals surface area contributed by atoms with E-state index in [1.807, 2.05) is 29.7 Å². The zero-order valence-electron chi connectivity index (χ0n) is 16.0. The van der Waals surface area contributed by atoms with E-state index in [0.717, 1.165) is 24.1 Å². The molecule has 9 heteroatoms. The van der Waals surface area contributed by atoms with E-state index in [1.54, 1.807) is 7.11 Å². The number of anilines is 1. The molecular weight excluding hydrogens is 348 g/mol. The van der Waals surface area contributed by atoms with Gasteiger partial charge in [0, 0.05) is 56.8 Å². The highest BCUT2D eigenvalue weighted by Crippen LogP contribution is 2.41. The smallest absolute Gasteiger partial charge is 0.315 e. The van der Waals surface area contributed by atoms with Crippen LogP contribution in [0.3, 0.4) is 0 Å². The van der Waals surface area contributed by atoms with Crippen LogP contribution in [0.15, 0.2) is 10.6 Å². The third-order valence-electron chi connectivity index (χ3n) is 5.55. The van der Waals surface area contributed by atoms with Crippen LogP contribution in [0.25, 0.3) is 0 Å². The van der Waals surface area contributed by atoms with E-state index in [0.29, 0.717) is 43.9 Å². The van der Waals surface area contributed by atoms with Gasteiger partial charge in [0.15, 0.2) is 0 Å². The second kappa shape index (κ2) is 7.30. The van der Waals surface area contributed by atoms with Crippen LogP contribution < -0.4 is 5.32 Å². The predicted octanol–water partition coefficient (Wildman–Crippen LogP) is 1.64. The molecule has 0 unspecified atom stereocenters. The highest BCUT2D eigenvalue weighted by atomic mass is 16.5. The van der Waals surface area contributed by atoms with Crippen LogP contribution in [0, 0.1) is 12.8 Å². The Labute approximate surface area is 158 Å². The zero-order chi connectivity index (χ0) is 19.0. The predicted molar refractivity (Wildman–Crippen MR) is 97.1 cm³/mol. The van der Waals surface area contributed by atoms with E-state index < -0.39 is 0 Å². The average Bonchev–Trinajstić information content (AvgIpc) is 3.20. The Morgan fingerprint density at radius 2 is 2.19 bits per heavy atom. The number of amides is 1. The molecule has 3 heterocycles. The van der Waals surface area contributed by atoms with Crippen molar-refractivity contribution in [3.8, 4) is 0 Å². The number of rotatable bonds is 8. The number of hydrogen-bond donors (Lipinski definition) is 1. The van der Waals surface area contributed by atoms with Gasteiger partial charge in [-0.15, -0.1) is 5.10 Å². The van der Waals surface area contributed by atoms with Crippen molar-refractivity contribution >= 4 is 11.9 Å². The van der Waals surface area contributed by atoms with Gasteiger partial charge in [-0.05, 0) is 19.8 Å². The Balaban J connectivity index is 1.51. The van der Waals surface area contributed by atoms with Crippen molar-refractivity contribution in [2.75, 3.05) is 32.1 Å². The van der Waals surface area contributed by atoms with E-state index in [2.05, 4.69) is 20.6 Å². The molecule has 2 aromatic rings. The Morgan fingerprint density at radius 3 is 2.85 bits per heavy atom. The Hall–Kier alpha value is -2.42. The Bertz CT molecular complexity index is 812. The monoisotopic (exact) mass is 374 g/mol. The molecule has 2 aliphatic rings. The van der Waals surface area contributed by atoms with Gasteiger partial charge in [-0.3, -0.25) is 9.48 Å². The van der Waals surface area contributed by atoms with Crippen LogP contribution in [-0.4, -0.2) is 57.6 Å². The number of hydrogen-bond acceptors (Lipinski definition) is 7. The van der Waals surface area contributed by atoms with Crippen molar-refractivity contribution in [3.05, 3.63) is 23.3 Å². The van der Waals surface area contributed by atoms with E-state index >= 15 is 0 Å². The number of likely N-dealkylation sites (tertiary alicyclic amines) is 1. The number of carbonyl (C=O) groups is 1. The molecular formula is C18H26N6O3. The quantitative estimate of drug-likeness (QED) is 0.750. The highest BCUT2D eigenvalue weighted by molar-refractivity contribution is 5.80. The highest BCUT2D eigenvalue weighted by Gasteiger charge is 2.42. The summed E-state index contributed by atoms with van der Waals surface area (Å²) >= 11 is 0. The van der Waals surface area contributed by atoms with Crippen molar-refractivity contribution in [3.63, 3.8) is 0 Å². The van der Waals surface area contributed by atoms with E-state index in [4.69, 9.17) is 9.15 Å². The lowest BCUT2D eigenvalue weighted by Crippen LogP contribution is -2.33. The molecule has 0 aromatic carbocycles. The first kappa shape index (κ1) is 18.0. The van der Waals surface area contributed by atoms with Gasteiger partial charge in [-0.25, -0.2) is 0 Å². The number of aryl methyl sites for hydroxylation is 1. The molecule has 2 fully saturated rings. The van der Waals surface area contributed by atoms with Crippen LogP contribution in [-0.2, 0) is 16.6 Å². The maximum Gasteiger partial charge on any atom is 0.315 e. The lowest BCUT2D eigenvalue weighted by atomic mass is 9.94. The van der Waals surface area contributed by atoms with Gasteiger partial charge in [0.1, 0.15) is 0 Å². The standard InChI is InChI=1S/C18H26N6O3/c1-11-14(10-20-23(11)2)16-13(8-15(25)24(16)6-7-26-3)9-19-18-22-21-17(27-18)12-4-5-12/h10,12-13,16H,4-9H2,1-3H3,(H,19,22)/t13-,16+/m1/s1. The van der Waals surface area contributed by atoms with Crippen LogP contribution in [0.1, 0.15) is 48.4 Å². The molecule has 1 aliphatic carbocycles. The summed E-state index contributed by atoms with van der Waals surface area (Å²) in [6, 6.07) is 0.390. The van der Waals surface area contributed by atoms with Crippen molar-refractivity contribution in [2.24, 2.45) is 13.0 Å². The molecule has 1 aliphatic heterocycles. The number of nitrogens with zero attached hydrogens (tertiary/aromatic N) is 5. The maximum absolute atomic E-state index is 12.7. The van der Waals surface area contributed by atoms with Crippen LogP contribution in [0.5, 0.6) is 0 Å². The SMILES string of the molecule is COCCN1C(=O)C[C@H](CNc2nnc(C3CC3)o2)[C@H]1c1cnn(C)c1C. The largest absolute Gasteiger partial charge is 0.408 e. The third kappa shape index (κ3) is 3.55. The molecule has 146 valence electrons. The Morgan fingerprint density at radius 1 is 1.37 bits per heavy atom. The lowest BCUT2D eigenvalue weighted by molar-refractivity contribution is -0.129. The molecule has 2 aromatic heterocycles. The number of ether oxygens (including phenoxy) is 1. The summed E-state index contributed by atoms with van der Waals surface area (Å²) in [5.74, 6) is 1.36. The molecule has 1 saturated carbocycles. The van der Waals surface area contributed by atoms with Gasteiger partial charge >= 0.3 is 6.01 Å². The summed E-state index contributed by atoms with van der Waals surface area (Å²) in [7, 11) is 3.57. The van der Waals surface area contributed by atoms with E-state index in [-0.39, 0.29) is 17.9 Å². The molecule has 2 atom stereocenters. The normalized spacial score (nSPS) is 22.6. The van der Waals surface area contributed by atoms with Crippen LogP contribution in [0.2, 0.25) is 0 Å². The van der Waals surface area contributed by atoms with E-state index in [1.165, 1.54) is 0 Å². The minimum atomic E-state index is -0.0420. The molecule has 0 radical (unpaired) electrons. The van der Waals surface area contributed by atoms with Crippen molar-refractivity contribution in [1.82, 2.24) is 24.9 Å². The fraction of sp³-hybridized carbons (Fsp3) is 0.667. The minimum absolute atomic E-state index is 0.0420. The summed E-state index contributed by atoms with van der Waals surface area (Å²) in [5.41, 5.74) is 2.14. The number of nitrogens with one attached hydrogen (secondary N) is 1. The summed E-state index contributed by atoms with van der Waals surface area (Å²) in [6.07, 6.45) is 4.58. The zero-order valence-corrected chi connectivity index (χ0v) is 16.0. The number of aromatic nitrogens is 4. The van der Waals surface area contributed by atoms with Crippen LogP contribution >= 0.6 is 0 Å². The number of carbonyl (C=O) groups excluding carboxylic acids is 1. The van der Waals surface area contributed by atoms with Gasteiger partial charge in [-0.1, -0.05) is 5.10 Å². The average molecular weight is 374 g/mol. The van der Waals surface area contributed by atoms with Crippen molar-refractivity contribution in [2.45, 2.75) is 38.1 Å². The molecule has 9 nitrogen and oxygen atoms in total. The molecule has 1 N–H and O–H groups in total. The maximum atomic E-state index is 12.7. The topological polar surface area (TPSA) is 98.3 Å². The minimum Gasteiger partial charge on any atom is -0.408 e.